The maximum Gasteiger partial charge on any atom is 0.224 e. The van der Waals surface area contributed by atoms with Gasteiger partial charge in [0.2, 0.25) is 5.91 Å². The van der Waals surface area contributed by atoms with Crippen LogP contribution in [0.15, 0.2) is 24.3 Å². The number of nitrogens with one attached hydrogen (secondary N) is 1. The number of ether oxygens (including phenoxy) is 1. The first kappa shape index (κ1) is 15.5. The number of nitrogens with zero attached hydrogens (tertiary/aromatic N) is 1. The van der Waals surface area contributed by atoms with Crippen LogP contribution < -0.4 is 11.1 Å². The van der Waals surface area contributed by atoms with Gasteiger partial charge in [-0.15, -0.1) is 0 Å². The highest BCUT2D eigenvalue weighted by molar-refractivity contribution is 5.80. The van der Waals surface area contributed by atoms with Gasteiger partial charge in [0.15, 0.2) is 0 Å². The number of likely N-dealkylation sites (N-methyl/N-ethyl adjacent to an activating group) is 1. The number of para-hydroxylation sites is 1. The molecule has 19 heavy (non-hydrogen) atoms. The molecule has 106 valence electrons. The third-order valence-corrected chi connectivity index (χ3v) is 2.90. The highest BCUT2D eigenvalue weighted by atomic mass is 16.5. The van der Waals surface area contributed by atoms with Crippen LogP contribution in [0.5, 0.6) is 0 Å². The summed E-state index contributed by atoms with van der Waals surface area (Å²) in [6, 6.07) is 7.43. The standard InChI is InChI=1S/C14H23N3O2/c1-17(9-10-19-2)8-7-16-14(18)11-12-5-3-4-6-13(12)15/h3-6H,7-11,15H2,1-2H3,(H,16,18). The Bertz CT molecular complexity index is 396. The number of amides is 1. The Morgan fingerprint density at radius 1 is 1.37 bits per heavy atom. The van der Waals surface area contributed by atoms with Gasteiger partial charge in [-0.05, 0) is 18.7 Å². The lowest BCUT2D eigenvalue weighted by atomic mass is 10.1. The summed E-state index contributed by atoms with van der Waals surface area (Å²) in [4.78, 5) is 13.9. The van der Waals surface area contributed by atoms with Gasteiger partial charge < -0.3 is 20.7 Å². The molecule has 1 amide bonds. The second kappa shape index (κ2) is 8.50. The van der Waals surface area contributed by atoms with Gasteiger partial charge in [0.25, 0.3) is 0 Å². The fraction of sp³-hybridized carbons (Fsp3) is 0.500. The van der Waals surface area contributed by atoms with Crippen molar-refractivity contribution in [2.75, 3.05) is 46.1 Å². The average Bonchev–Trinajstić information content (AvgIpc) is 2.39. The fourth-order valence-corrected chi connectivity index (χ4v) is 1.68. The number of benzene rings is 1. The first-order valence-electron chi connectivity index (χ1n) is 6.41. The van der Waals surface area contributed by atoms with Crippen LogP contribution in [0.1, 0.15) is 5.56 Å². The van der Waals surface area contributed by atoms with Gasteiger partial charge >= 0.3 is 0 Å². The smallest absolute Gasteiger partial charge is 0.224 e. The van der Waals surface area contributed by atoms with Crippen LogP contribution in [0.3, 0.4) is 0 Å². The minimum absolute atomic E-state index is 0.00181. The summed E-state index contributed by atoms with van der Waals surface area (Å²) in [5.41, 5.74) is 7.33. The normalized spacial score (nSPS) is 10.7. The Morgan fingerprint density at radius 2 is 2.11 bits per heavy atom. The first-order chi connectivity index (χ1) is 9.13. The van der Waals surface area contributed by atoms with Gasteiger partial charge in [-0.3, -0.25) is 4.79 Å². The van der Waals surface area contributed by atoms with Crippen molar-refractivity contribution in [3.63, 3.8) is 0 Å². The summed E-state index contributed by atoms with van der Waals surface area (Å²) in [5.74, 6) is -0.00181. The van der Waals surface area contributed by atoms with E-state index in [-0.39, 0.29) is 5.91 Å². The lowest BCUT2D eigenvalue weighted by Gasteiger charge is -2.16. The Kier molecular flexibility index (Phi) is 6.92. The summed E-state index contributed by atoms with van der Waals surface area (Å²) in [6.07, 6.45) is 0.328. The molecule has 0 radical (unpaired) electrons. The molecule has 5 nitrogen and oxygen atoms in total. The molecule has 0 heterocycles. The highest BCUT2D eigenvalue weighted by Gasteiger charge is 2.06. The van der Waals surface area contributed by atoms with E-state index in [2.05, 4.69) is 10.2 Å². The Labute approximate surface area is 114 Å². The minimum atomic E-state index is -0.00181. The lowest BCUT2D eigenvalue weighted by molar-refractivity contribution is -0.120. The molecule has 0 aromatic heterocycles. The molecule has 0 bridgehead atoms. The topological polar surface area (TPSA) is 67.6 Å². The van der Waals surface area contributed by atoms with E-state index in [1.54, 1.807) is 13.2 Å². The SMILES string of the molecule is COCCN(C)CCNC(=O)Cc1ccccc1N. The molecule has 1 aromatic rings. The maximum atomic E-state index is 11.8. The van der Waals surface area contributed by atoms with Gasteiger partial charge in [0, 0.05) is 32.4 Å². The van der Waals surface area contributed by atoms with E-state index < -0.39 is 0 Å². The second-order valence-electron chi connectivity index (χ2n) is 4.52. The quantitative estimate of drug-likeness (QED) is 0.672. The number of anilines is 1. The Balaban J connectivity index is 2.23. The fourth-order valence-electron chi connectivity index (χ4n) is 1.68. The van der Waals surface area contributed by atoms with E-state index >= 15 is 0 Å². The van der Waals surface area contributed by atoms with Gasteiger partial charge in [0.1, 0.15) is 0 Å². The molecule has 0 saturated carbocycles. The monoisotopic (exact) mass is 265 g/mol. The van der Waals surface area contributed by atoms with E-state index in [0.29, 0.717) is 25.3 Å². The molecule has 0 fully saturated rings. The minimum Gasteiger partial charge on any atom is -0.398 e. The molecule has 0 unspecified atom stereocenters. The van der Waals surface area contributed by atoms with Gasteiger partial charge in [-0.2, -0.15) is 0 Å². The summed E-state index contributed by atoms with van der Waals surface area (Å²) in [5, 5.41) is 2.89. The molecule has 1 aromatic carbocycles. The second-order valence-corrected chi connectivity index (χ2v) is 4.52. The number of nitrogens with two attached hydrogens (primary N) is 1. The van der Waals surface area contributed by atoms with Crippen LogP contribution in [0.2, 0.25) is 0 Å². The van der Waals surface area contributed by atoms with Crippen LogP contribution in [0.25, 0.3) is 0 Å². The van der Waals surface area contributed by atoms with Crippen molar-refractivity contribution in [2.45, 2.75) is 6.42 Å². The number of carbonyl (C=O) groups is 1. The zero-order valence-electron chi connectivity index (χ0n) is 11.7. The van der Waals surface area contributed by atoms with Crippen LogP contribution in [0, 0.1) is 0 Å². The molecule has 0 saturated heterocycles. The van der Waals surface area contributed by atoms with Crippen molar-refractivity contribution in [1.29, 1.82) is 0 Å². The summed E-state index contributed by atoms with van der Waals surface area (Å²) < 4.78 is 4.99. The predicted molar refractivity (Wildman–Crippen MR) is 76.9 cm³/mol. The van der Waals surface area contributed by atoms with Crippen LogP contribution in [0.4, 0.5) is 5.69 Å². The van der Waals surface area contributed by atoms with Crippen LogP contribution >= 0.6 is 0 Å². The largest absolute Gasteiger partial charge is 0.398 e. The van der Waals surface area contributed by atoms with Gasteiger partial charge in [-0.25, -0.2) is 0 Å². The Hall–Kier alpha value is -1.59. The molecule has 0 aliphatic carbocycles. The maximum absolute atomic E-state index is 11.8. The lowest BCUT2D eigenvalue weighted by Crippen LogP contribution is -2.35. The molecule has 0 spiro atoms. The van der Waals surface area contributed by atoms with Crippen molar-refractivity contribution >= 4 is 11.6 Å². The van der Waals surface area contributed by atoms with Crippen molar-refractivity contribution < 1.29 is 9.53 Å². The van der Waals surface area contributed by atoms with Crippen LogP contribution in [-0.2, 0) is 16.0 Å². The van der Waals surface area contributed by atoms with E-state index in [4.69, 9.17) is 10.5 Å². The number of carbonyl (C=O) groups excluding carboxylic acids is 1. The predicted octanol–water partition coefficient (Wildman–Crippen LogP) is 0.506. The highest BCUT2D eigenvalue weighted by Crippen LogP contribution is 2.10. The molecule has 1 rings (SSSR count). The molecule has 3 N–H and O–H groups in total. The summed E-state index contributed by atoms with van der Waals surface area (Å²) in [7, 11) is 3.68. The van der Waals surface area contributed by atoms with E-state index in [1.807, 2.05) is 25.2 Å². The molecule has 0 atom stereocenters. The summed E-state index contributed by atoms with van der Waals surface area (Å²) in [6.45, 7) is 2.99. The number of hydrogen-bond acceptors (Lipinski definition) is 4. The molecule has 0 aliphatic rings. The molecular weight excluding hydrogens is 242 g/mol. The number of hydrogen-bond donors (Lipinski definition) is 2. The van der Waals surface area contributed by atoms with E-state index in [9.17, 15) is 4.79 Å². The third-order valence-electron chi connectivity index (χ3n) is 2.90. The zero-order chi connectivity index (χ0) is 14.1. The van der Waals surface area contributed by atoms with Crippen molar-refractivity contribution in [2.24, 2.45) is 0 Å². The molecule has 5 heteroatoms. The van der Waals surface area contributed by atoms with Crippen molar-refractivity contribution in [1.82, 2.24) is 10.2 Å². The number of nitrogen functional groups attached to an aromatic ring is 1. The Morgan fingerprint density at radius 3 is 2.79 bits per heavy atom. The van der Waals surface area contributed by atoms with E-state index in [0.717, 1.165) is 18.7 Å². The van der Waals surface area contributed by atoms with Crippen molar-refractivity contribution in [3.05, 3.63) is 29.8 Å². The van der Waals surface area contributed by atoms with Crippen molar-refractivity contribution in [3.8, 4) is 0 Å². The van der Waals surface area contributed by atoms with E-state index in [1.165, 1.54) is 0 Å². The molecular formula is C14H23N3O2. The van der Waals surface area contributed by atoms with Gasteiger partial charge in [-0.1, -0.05) is 18.2 Å². The molecule has 0 aliphatic heterocycles. The number of rotatable bonds is 8. The zero-order valence-corrected chi connectivity index (χ0v) is 11.7. The van der Waals surface area contributed by atoms with Gasteiger partial charge in [0.05, 0.1) is 13.0 Å². The summed E-state index contributed by atoms with van der Waals surface area (Å²) >= 11 is 0. The number of methoxy groups -OCH3 is 1. The first-order valence-corrected chi connectivity index (χ1v) is 6.41. The van der Waals surface area contributed by atoms with Crippen LogP contribution in [-0.4, -0.2) is 51.2 Å². The third kappa shape index (κ3) is 6.22. The average molecular weight is 265 g/mol.